The van der Waals surface area contributed by atoms with Crippen molar-refractivity contribution >= 4 is 5.78 Å². The molecule has 0 aromatic carbocycles. The lowest BCUT2D eigenvalue weighted by molar-refractivity contribution is -0.178. The number of hydrogen-bond donors (Lipinski definition) is 4. The molecule has 3 atom stereocenters. The van der Waals surface area contributed by atoms with Crippen LogP contribution in [0.3, 0.4) is 0 Å². The van der Waals surface area contributed by atoms with Crippen LogP contribution in [0.25, 0.3) is 0 Å². The van der Waals surface area contributed by atoms with Gasteiger partial charge in [0.2, 0.25) is 0 Å². The van der Waals surface area contributed by atoms with E-state index in [-0.39, 0.29) is 0 Å². The maximum atomic E-state index is 11.9. The molecule has 5 nitrogen and oxygen atoms in total. The summed E-state index contributed by atoms with van der Waals surface area (Å²) in [4.78, 5) is 11.9. The van der Waals surface area contributed by atoms with Gasteiger partial charge in [0.1, 0.15) is 12.2 Å². The summed E-state index contributed by atoms with van der Waals surface area (Å²) in [5, 5.41) is 38.0. The van der Waals surface area contributed by atoms with Gasteiger partial charge in [-0.25, -0.2) is 0 Å². The molecule has 0 aliphatic carbocycles. The van der Waals surface area contributed by atoms with E-state index in [2.05, 4.69) is 0 Å². The van der Waals surface area contributed by atoms with E-state index >= 15 is 0 Å². The van der Waals surface area contributed by atoms with Gasteiger partial charge in [0.15, 0.2) is 11.4 Å². The molecule has 0 spiro atoms. The Morgan fingerprint density at radius 2 is 1.62 bits per heavy atom. The van der Waals surface area contributed by atoms with Crippen LogP contribution in [0.15, 0.2) is 0 Å². The van der Waals surface area contributed by atoms with E-state index in [9.17, 15) is 20.1 Å². The Bertz CT molecular complexity index is 239. The second-order valence-corrected chi connectivity index (χ2v) is 4.69. The molecule has 0 saturated carbocycles. The van der Waals surface area contributed by atoms with E-state index in [1.54, 1.807) is 27.7 Å². The molecule has 0 heterocycles. The lowest BCUT2D eigenvalue weighted by Crippen LogP contribution is -2.60. The van der Waals surface area contributed by atoms with Crippen LogP contribution in [-0.4, -0.2) is 50.6 Å². The Kier molecular flexibility index (Phi) is 5.55. The van der Waals surface area contributed by atoms with Gasteiger partial charge in [-0.1, -0.05) is 27.7 Å². The highest BCUT2D eigenvalue weighted by atomic mass is 16.4. The van der Waals surface area contributed by atoms with Gasteiger partial charge in [-0.05, 0) is 5.92 Å². The molecule has 4 N–H and O–H groups in total. The first-order chi connectivity index (χ1) is 7.19. The van der Waals surface area contributed by atoms with Gasteiger partial charge >= 0.3 is 0 Å². The number of carbonyl (C=O) groups excluding carboxylic acids is 1. The van der Waals surface area contributed by atoms with Crippen LogP contribution in [0.2, 0.25) is 0 Å². The topological polar surface area (TPSA) is 98.0 Å². The smallest absolute Gasteiger partial charge is 0.169 e. The first-order valence-corrected chi connectivity index (χ1v) is 5.43. The Labute approximate surface area is 95.7 Å². The van der Waals surface area contributed by atoms with Crippen molar-refractivity contribution in [3.8, 4) is 0 Å². The minimum atomic E-state index is -2.03. The number of rotatable bonds is 6. The van der Waals surface area contributed by atoms with Crippen LogP contribution in [-0.2, 0) is 4.79 Å². The van der Waals surface area contributed by atoms with Crippen molar-refractivity contribution in [1.82, 2.24) is 0 Å². The predicted octanol–water partition coefficient (Wildman–Crippen LogP) is -0.687. The largest absolute Gasteiger partial charge is 0.394 e. The zero-order valence-electron chi connectivity index (χ0n) is 10.2. The first-order valence-electron chi connectivity index (χ1n) is 5.43. The highest BCUT2D eigenvalue weighted by molar-refractivity contribution is 5.89. The number of ketones is 1. The van der Waals surface area contributed by atoms with Gasteiger partial charge in [0.05, 0.1) is 6.61 Å². The van der Waals surface area contributed by atoms with E-state index in [0.717, 1.165) is 0 Å². The predicted molar refractivity (Wildman–Crippen MR) is 58.7 cm³/mol. The standard InChI is InChI=1S/C11H22O5/c1-6(2)9(14)11(16,7(3)4)10(15)8(13)5-12/h6-8,10,12-13,15-16H,5H2,1-4H3. The van der Waals surface area contributed by atoms with Crippen molar-refractivity contribution in [2.45, 2.75) is 45.5 Å². The SMILES string of the molecule is CC(C)C(=O)C(O)(C(C)C)C(O)C(O)CO. The number of aliphatic hydroxyl groups excluding tert-OH is 3. The normalized spacial score (nSPS) is 19.6. The van der Waals surface area contributed by atoms with Gasteiger partial charge in [-0.15, -0.1) is 0 Å². The summed E-state index contributed by atoms with van der Waals surface area (Å²) in [6, 6.07) is 0. The third-order valence-electron chi connectivity index (χ3n) is 2.80. The molecule has 0 bridgehead atoms. The van der Waals surface area contributed by atoms with Crippen molar-refractivity contribution < 1.29 is 25.2 Å². The number of hydrogen-bond acceptors (Lipinski definition) is 5. The fraction of sp³-hybridized carbons (Fsp3) is 0.909. The molecule has 0 fully saturated rings. The zero-order chi connectivity index (χ0) is 13.1. The summed E-state index contributed by atoms with van der Waals surface area (Å²) in [5.41, 5.74) is -2.03. The molecule has 0 rings (SSSR count). The minimum Gasteiger partial charge on any atom is -0.394 e. The number of aliphatic hydroxyl groups is 4. The Hall–Kier alpha value is -0.490. The number of Topliss-reactive ketones (excluding diaryl/α,β-unsaturated/α-hetero) is 1. The molecule has 0 aromatic heterocycles. The quantitative estimate of drug-likeness (QED) is 0.488. The van der Waals surface area contributed by atoms with Crippen LogP contribution >= 0.6 is 0 Å². The van der Waals surface area contributed by atoms with Gasteiger partial charge in [0, 0.05) is 5.92 Å². The fourth-order valence-electron chi connectivity index (χ4n) is 1.63. The monoisotopic (exact) mass is 234 g/mol. The molecule has 0 aliphatic rings. The number of carbonyl (C=O) groups is 1. The van der Waals surface area contributed by atoms with Crippen molar-refractivity contribution in [2.24, 2.45) is 11.8 Å². The summed E-state index contributed by atoms with van der Waals surface area (Å²) < 4.78 is 0. The van der Waals surface area contributed by atoms with E-state index < -0.39 is 42.0 Å². The Balaban J connectivity index is 5.19. The van der Waals surface area contributed by atoms with Crippen LogP contribution < -0.4 is 0 Å². The van der Waals surface area contributed by atoms with Gasteiger partial charge in [-0.3, -0.25) is 4.79 Å². The van der Waals surface area contributed by atoms with Crippen molar-refractivity contribution in [3.63, 3.8) is 0 Å². The fourth-order valence-corrected chi connectivity index (χ4v) is 1.63. The molecule has 0 radical (unpaired) electrons. The van der Waals surface area contributed by atoms with E-state index in [4.69, 9.17) is 5.11 Å². The third kappa shape index (κ3) is 2.79. The lowest BCUT2D eigenvalue weighted by atomic mass is 9.76. The lowest BCUT2D eigenvalue weighted by Gasteiger charge is -2.38. The maximum absolute atomic E-state index is 11.9. The van der Waals surface area contributed by atoms with Gasteiger partial charge in [-0.2, -0.15) is 0 Å². The van der Waals surface area contributed by atoms with E-state index in [0.29, 0.717) is 0 Å². The average Bonchev–Trinajstić information content (AvgIpc) is 2.24. The Morgan fingerprint density at radius 1 is 1.19 bits per heavy atom. The molecule has 0 amide bonds. The summed E-state index contributed by atoms with van der Waals surface area (Å²) in [5.74, 6) is -1.56. The summed E-state index contributed by atoms with van der Waals surface area (Å²) >= 11 is 0. The average molecular weight is 234 g/mol. The molecular weight excluding hydrogens is 212 g/mol. The molecule has 0 saturated heterocycles. The minimum absolute atomic E-state index is 0.465. The van der Waals surface area contributed by atoms with E-state index in [1.165, 1.54) is 0 Å². The summed E-state index contributed by atoms with van der Waals surface area (Å²) in [7, 11) is 0. The highest BCUT2D eigenvalue weighted by Crippen LogP contribution is 2.27. The second kappa shape index (κ2) is 5.72. The molecule has 3 unspecified atom stereocenters. The molecule has 0 aromatic rings. The molecular formula is C11H22O5. The van der Waals surface area contributed by atoms with Crippen LogP contribution in [0, 0.1) is 11.8 Å². The second-order valence-electron chi connectivity index (χ2n) is 4.69. The Morgan fingerprint density at radius 3 is 1.88 bits per heavy atom. The molecule has 0 aliphatic heterocycles. The molecule has 96 valence electrons. The van der Waals surface area contributed by atoms with E-state index in [1.807, 2.05) is 0 Å². The third-order valence-corrected chi connectivity index (χ3v) is 2.80. The van der Waals surface area contributed by atoms with Crippen LogP contribution in [0.4, 0.5) is 0 Å². The van der Waals surface area contributed by atoms with Crippen LogP contribution in [0.1, 0.15) is 27.7 Å². The zero-order valence-corrected chi connectivity index (χ0v) is 10.2. The van der Waals surface area contributed by atoms with Crippen molar-refractivity contribution in [3.05, 3.63) is 0 Å². The molecule has 5 heteroatoms. The van der Waals surface area contributed by atoms with Crippen molar-refractivity contribution in [1.29, 1.82) is 0 Å². The summed E-state index contributed by atoms with van der Waals surface area (Å²) in [6.07, 6.45) is -3.22. The summed E-state index contributed by atoms with van der Waals surface area (Å²) in [6.45, 7) is 5.66. The van der Waals surface area contributed by atoms with Crippen molar-refractivity contribution in [2.75, 3.05) is 6.61 Å². The maximum Gasteiger partial charge on any atom is 0.169 e. The van der Waals surface area contributed by atoms with Crippen LogP contribution in [0.5, 0.6) is 0 Å². The highest BCUT2D eigenvalue weighted by Gasteiger charge is 2.49. The molecule has 16 heavy (non-hydrogen) atoms. The van der Waals surface area contributed by atoms with Gasteiger partial charge < -0.3 is 20.4 Å². The van der Waals surface area contributed by atoms with Gasteiger partial charge in [0.25, 0.3) is 0 Å². The first kappa shape index (κ1) is 15.5.